The van der Waals surface area contributed by atoms with E-state index >= 15 is 0 Å². The van der Waals surface area contributed by atoms with Gasteiger partial charge in [0.05, 0.1) is 11.7 Å². The van der Waals surface area contributed by atoms with Crippen LogP contribution in [-0.2, 0) is 21.7 Å². The zero-order chi connectivity index (χ0) is 33.4. The largest absolute Gasteiger partial charge is 0.445 e. The molecule has 0 aliphatic rings. The lowest BCUT2D eigenvalue weighted by molar-refractivity contribution is 0.572. The molecule has 2 heterocycles. The number of aromatic nitrogens is 2. The molecular weight excluding hydrogens is 560 g/mol. The highest BCUT2D eigenvalue weighted by molar-refractivity contribution is 6.12. The topological polar surface area (TPSA) is 41.8 Å². The Hall–Kier alpha value is -4.11. The molecule has 1 N–H and O–H groups in total. The zero-order valence-corrected chi connectivity index (χ0v) is 29.9. The second kappa shape index (κ2) is 10.7. The summed E-state index contributed by atoms with van der Waals surface area (Å²) in [4.78, 5) is 8.36. The number of rotatable bonds is 3. The minimum Gasteiger partial charge on any atom is -0.445 e. The summed E-state index contributed by atoms with van der Waals surface area (Å²) in [6.45, 7) is 27.5. The van der Waals surface area contributed by atoms with Crippen LogP contribution in [0, 0.1) is 0 Å². The molecule has 46 heavy (non-hydrogen) atoms. The van der Waals surface area contributed by atoms with Crippen LogP contribution in [0.1, 0.15) is 105 Å². The van der Waals surface area contributed by atoms with Gasteiger partial charge in [0.25, 0.3) is 0 Å². The molecule has 2 aromatic heterocycles. The third-order valence-corrected chi connectivity index (χ3v) is 9.36. The third-order valence-electron chi connectivity index (χ3n) is 9.36. The van der Waals surface area contributed by atoms with Crippen molar-refractivity contribution in [3.8, 4) is 33.7 Å². The summed E-state index contributed by atoms with van der Waals surface area (Å²) in [5, 5.41) is 2.57. The molecule has 0 aliphatic heterocycles. The fourth-order valence-electron chi connectivity index (χ4n) is 6.23. The number of hydrogen-bond acceptors (Lipinski definition) is 2. The third kappa shape index (κ3) is 6.05. The van der Waals surface area contributed by atoms with Gasteiger partial charge in [-0.15, -0.1) is 0 Å². The van der Waals surface area contributed by atoms with Gasteiger partial charge in [-0.05, 0) is 103 Å². The fraction of sp³-hybridized carbons (Fsp3) is 0.372. The van der Waals surface area contributed by atoms with Crippen LogP contribution in [0.15, 0.2) is 83.6 Å². The van der Waals surface area contributed by atoms with Crippen molar-refractivity contribution in [2.45, 2.75) is 105 Å². The van der Waals surface area contributed by atoms with Gasteiger partial charge in [-0.1, -0.05) is 107 Å². The molecule has 0 radical (unpaired) electrons. The van der Waals surface area contributed by atoms with Crippen LogP contribution in [0.5, 0.6) is 0 Å². The van der Waals surface area contributed by atoms with Gasteiger partial charge in [0, 0.05) is 27.4 Å². The second-order valence-corrected chi connectivity index (χ2v) is 17.3. The average Bonchev–Trinajstić information content (AvgIpc) is 3.62. The first kappa shape index (κ1) is 31.9. The van der Waals surface area contributed by atoms with E-state index in [2.05, 4.69) is 160 Å². The van der Waals surface area contributed by atoms with Gasteiger partial charge in [-0.25, -0.2) is 4.98 Å². The van der Waals surface area contributed by atoms with Crippen molar-refractivity contribution in [3.05, 3.63) is 101 Å². The summed E-state index contributed by atoms with van der Waals surface area (Å²) >= 11 is 0. The lowest BCUT2D eigenvalue weighted by atomic mass is 9.80. The molecule has 6 rings (SSSR count). The summed E-state index contributed by atoms with van der Waals surface area (Å²) < 4.78 is 5.79. The molecule has 0 saturated carbocycles. The summed E-state index contributed by atoms with van der Waals surface area (Å²) in [5.41, 5.74) is 13.4. The Balaban J connectivity index is 1.67. The quantitative estimate of drug-likeness (QED) is 0.217. The first-order valence-electron chi connectivity index (χ1n) is 16.6. The van der Waals surface area contributed by atoms with Crippen molar-refractivity contribution < 1.29 is 4.42 Å². The predicted molar refractivity (Wildman–Crippen MR) is 197 cm³/mol. The van der Waals surface area contributed by atoms with Gasteiger partial charge in [0.15, 0.2) is 0 Å². The number of fused-ring (bicyclic) bond motifs is 3. The summed E-state index contributed by atoms with van der Waals surface area (Å²) in [6, 6.07) is 25.7. The van der Waals surface area contributed by atoms with Crippen molar-refractivity contribution in [1.82, 2.24) is 9.97 Å². The molecule has 0 aliphatic carbocycles. The van der Waals surface area contributed by atoms with Crippen LogP contribution >= 0.6 is 0 Å². The number of nitrogens with one attached hydrogen (secondary N) is 1. The van der Waals surface area contributed by atoms with Crippen LogP contribution in [0.25, 0.3) is 55.5 Å². The van der Waals surface area contributed by atoms with Gasteiger partial charge in [0.1, 0.15) is 6.26 Å². The van der Waals surface area contributed by atoms with Crippen molar-refractivity contribution in [2.75, 3.05) is 0 Å². The molecule has 0 fully saturated rings. The van der Waals surface area contributed by atoms with Gasteiger partial charge >= 0.3 is 0 Å². The highest BCUT2D eigenvalue weighted by atomic mass is 16.3. The SMILES string of the molecule is CC(C)(C)c1cc(-c2cc(-c3cc(C(C)(C)C)cc4c3[nH]c3ccc(C(C)(C)C)cc34)cc(C(C)(C)C)c2)cc(-c2ncco2)c1. The second-order valence-electron chi connectivity index (χ2n) is 17.3. The van der Waals surface area contributed by atoms with Gasteiger partial charge < -0.3 is 9.40 Å². The van der Waals surface area contributed by atoms with Gasteiger partial charge in [-0.3, -0.25) is 0 Å². The first-order valence-corrected chi connectivity index (χ1v) is 16.6. The highest BCUT2D eigenvalue weighted by Crippen LogP contribution is 2.42. The van der Waals surface area contributed by atoms with Crippen LogP contribution in [0.3, 0.4) is 0 Å². The normalized spacial score (nSPS) is 13.2. The van der Waals surface area contributed by atoms with Crippen molar-refractivity contribution in [2.24, 2.45) is 0 Å². The van der Waals surface area contributed by atoms with E-state index in [-0.39, 0.29) is 21.7 Å². The van der Waals surface area contributed by atoms with E-state index in [1.165, 1.54) is 66.3 Å². The summed E-state index contributed by atoms with van der Waals surface area (Å²) in [7, 11) is 0. The average molecular weight is 611 g/mol. The smallest absolute Gasteiger partial charge is 0.225 e. The molecule has 6 aromatic rings. The molecule has 0 unspecified atom stereocenters. The molecule has 0 atom stereocenters. The van der Waals surface area contributed by atoms with Crippen molar-refractivity contribution >= 4 is 21.8 Å². The van der Waals surface area contributed by atoms with E-state index in [0.717, 1.165) is 5.56 Å². The van der Waals surface area contributed by atoms with E-state index in [1.54, 1.807) is 12.5 Å². The number of H-pyrrole nitrogens is 1. The Morgan fingerprint density at radius 3 is 1.54 bits per heavy atom. The maximum atomic E-state index is 5.79. The number of oxazole rings is 1. The number of benzene rings is 4. The van der Waals surface area contributed by atoms with Crippen molar-refractivity contribution in [3.63, 3.8) is 0 Å². The lowest BCUT2D eigenvalue weighted by Crippen LogP contribution is -2.13. The van der Waals surface area contributed by atoms with Crippen LogP contribution in [-0.4, -0.2) is 9.97 Å². The van der Waals surface area contributed by atoms with E-state index in [9.17, 15) is 0 Å². The Morgan fingerprint density at radius 2 is 1.00 bits per heavy atom. The standard InChI is InChI=1S/C43H50N2O/c1-40(2,3)30-13-14-37-35(23-30)36-25-33(43(10,11)12)24-34(38(36)45-37)28-17-26(19-31(21-28)41(4,5)6)27-18-29(39-44-15-16-46-39)22-32(20-27)42(7,8)9/h13-25,45H,1-12H3. The molecule has 0 bridgehead atoms. The summed E-state index contributed by atoms with van der Waals surface area (Å²) in [5.74, 6) is 0.645. The van der Waals surface area contributed by atoms with E-state index in [1.807, 2.05) is 0 Å². The molecule has 238 valence electrons. The maximum absolute atomic E-state index is 5.79. The molecule has 4 aromatic carbocycles. The Bertz CT molecular complexity index is 2060. The zero-order valence-electron chi connectivity index (χ0n) is 29.9. The molecule has 0 spiro atoms. The molecule has 0 amide bonds. The van der Waals surface area contributed by atoms with E-state index in [4.69, 9.17) is 4.42 Å². The lowest BCUT2D eigenvalue weighted by Gasteiger charge is -2.25. The number of nitrogens with zero attached hydrogens (tertiary/aromatic N) is 1. The molecule has 0 saturated heterocycles. The number of hydrogen-bond donors (Lipinski definition) is 1. The molecule has 3 nitrogen and oxygen atoms in total. The van der Waals surface area contributed by atoms with Crippen LogP contribution < -0.4 is 0 Å². The van der Waals surface area contributed by atoms with E-state index in [0.29, 0.717) is 5.89 Å². The first-order chi connectivity index (χ1) is 21.3. The van der Waals surface area contributed by atoms with Gasteiger partial charge in [0.2, 0.25) is 5.89 Å². The minimum atomic E-state index is -0.0411. The minimum absolute atomic E-state index is 0.00931. The predicted octanol–water partition coefficient (Wildman–Crippen LogP) is 12.5. The number of aromatic amines is 1. The van der Waals surface area contributed by atoms with Crippen molar-refractivity contribution in [1.29, 1.82) is 0 Å². The van der Waals surface area contributed by atoms with E-state index < -0.39 is 0 Å². The molecule has 3 heteroatoms. The Kier molecular flexibility index (Phi) is 7.43. The fourth-order valence-corrected chi connectivity index (χ4v) is 6.23. The monoisotopic (exact) mass is 610 g/mol. The highest BCUT2D eigenvalue weighted by Gasteiger charge is 2.24. The Morgan fingerprint density at radius 1 is 0.500 bits per heavy atom. The molecular formula is C43H50N2O. The maximum Gasteiger partial charge on any atom is 0.225 e. The van der Waals surface area contributed by atoms with Crippen LogP contribution in [0.4, 0.5) is 0 Å². The van der Waals surface area contributed by atoms with Crippen LogP contribution in [0.2, 0.25) is 0 Å². The van der Waals surface area contributed by atoms with Gasteiger partial charge in [-0.2, -0.15) is 0 Å². The summed E-state index contributed by atoms with van der Waals surface area (Å²) in [6.07, 6.45) is 3.37. The Labute approximate surface area is 275 Å².